The molecule has 6 heteroatoms. The van der Waals surface area contributed by atoms with Crippen LogP contribution in [-0.4, -0.2) is 42.2 Å². The summed E-state index contributed by atoms with van der Waals surface area (Å²) in [5.41, 5.74) is 0.410. The van der Waals surface area contributed by atoms with Gasteiger partial charge in [0, 0.05) is 24.8 Å². The van der Waals surface area contributed by atoms with E-state index in [1.165, 1.54) is 7.11 Å². The first-order valence-electron chi connectivity index (χ1n) is 6.37. The lowest BCUT2D eigenvalue weighted by atomic mass is 10.1. The van der Waals surface area contributed by atoms with Crippen molar-refractivity contribution in [2.24, 2.45) is 0 Å². The molecule has 1 rings (SSSR count). The van der Waals surface area contributed by atoms with E-state index in [0.717, 1.165) is 0 Å². The lowest BCUT2D eigenvalue weighted by Crippen LogP contribution is -2.38. The van der Waals surface area contributed by atoms with Gasteiger partial charge in [-0.3, -0.25) is 4.79 Å². The van der Waals surface area contributed by atoms with Gasteiger partial charge < -0.3 is 14.7 Å². The number of aliphatic hydroxyl groups is 1. The van der Waals surface area contributed by atoms with Crippen LogP contribution in [-0.2, 0) is 0 Å². The Kier molecular flexibility index (Phi) is 6.59. The van der Waals surface area contributed by atoms with E-state index >= 15 is 0 Å². The molecule has 0 bridgehead atoms. The number of nitrogens with zero attached hydrogens (tertiary/aromatic N) is 1. The van der Waals surface area contributed by atoms with Gasteiger partial charge in [-0.1, -0.05) is 23.2 Å². The standard InChI is InChI=1S/C14H19Cl2NO3/c1-9(2)17(5-4-6-18)14(19)10-7-11(15)13(20-3)12(16)8-10/h7-9,18H,4-6H2,1-3H3. The van der Waals surface area contributed by atoms with Gasteiger partial charge in [0.05, 0.1) is 17.2 Å². The quantitative estimate of drug-likeness (QED) is 0.875. The monoisotopic (exact) mass is 319 g/mol. The van der Waals surface area contributed by atoms with Gasteiger partial charge in [-0.15, -0.1) is 0 Å². The van der Waals surface area contributed by atoms with Crippen molar-refractivity contribution in [2.75, 3.05) is 20.3 Å². The lowest BCUT2D eigenvalue weighted by molar-refractivity contribution is 0.0693. The van der Waals surface area contributed by atoms with Gasteiger partial charge in [0.1, 0.15) is 0 Å². The summed E-state index contributed by atoms with van der Waals surface area (Å²) in [6, 6.07) is 3.11. The molecular formula is C14H19Cl2NO3. The van der Waals surface area contributed by atoms with Crippen LogP contribution in [0.1, 0.15) is 30.6 Å². The first-order valence-corrected chi connectivity index (χ1v) is 7.12. The van der Waals surface area contributed by atoms with Crippen molar-refractivity contribution in [3.05, 3.63) is 27.7 Å². The van der Waals surface area contributed by atoms with E-state index in [1.54, 1.807) is 17.0 Å². The van der Waals surface area contributed by atoms with Gasteiger partial charge in [0.25, 0.3) is 5.91 Å². The van der Waals surface area contributed by atoms with E-state index in [0.29, 0.717) is 34.3 Å². The molecule has 0 aliphatic rings. The second-order valence-electron chi connectivity index (χ2n) is 4.64. The van der Waals surface area contributed by atoms with Crippen LogP contribution in [0.3, 0.4) is 0 Å². The largest absolute Gasteiger partial charge is 0.494 e. The summed E-state index contributed by atoms with van der Waals surface area (Å²) in [7, 11) is 1.47. The minimum Gasteiger partial charge on any atom is -0.494 e. The minimum absolute atomic E-state index is 0.0219. The van der Waals surface area contributed by atoms with Crippen LogP contribution in [0.15, 0.2) is 12.1 Å². The van der Waals surface area contributed by atoms with Crippen LogP contribution >= 0.6 is 23.2 Å². The van der Waals surface area contributed by atoms with Gasteiger partial charge in [0.15, 0.2) is 5.75 Å². The van der Waals surface area contributed by atoms with Gasteiger partial charge in [0.2, 0.25) is 0 Å². The minimum atomic E-state index is -0.167. The Balaban J connectivity index is 3.06. The number of rotatable bonds is 6. The van der Waals surface area contributed by atoms with Crippen LogP contribution in [0.2, 0.25) is 10.0 Å². The van der Waals surface area contributed by atoms with E-state index < -0.39 is 0 Å². The molecule has 0 spiro atoms. The predicted molar refractivity (Wildman–Crippen MR) is 80.9 cm³/mol. The Hall–Kier alpha value is -0.970. The molecule has 0 saturated heterocycles. The molecule has 112 valence electrons. The molecule has 0 fully saturated rings. The van der Waals surface area contributed by atoms with Crippen LogP contribution in [0, 0.1) is 0 Å². The molecular weight excluding hydrogens is 301 g/mol. The Labute approximate surface area is 129 Å². The number of carbonyl (C=O) groups is 1. The van der Waals surface area contributed by atoms with Gasteiger partial charge in [-0.2, -0.15) is 0 Å². The van der Waals surface area contributed by atoms with Crippen LogP contribution in [0.5, 0.6) is 5.75 Å². The fourth-order valence-corrected chi connectivity index (χ4v) is 2.52. The topological polar surface area (TPSA) is 49.8 Å². The molecule has 0 aliphatic heterocycles. The Morgan fingerprint density at radius 3 is 2.30 bits per heavy atom. The van der Waals surface area contributed by atoms with Crippen LogP contribution in [0.4, 0.5) is 0 Å². The van der Waals surface area contributed by atoms with Crippen molar-refractivity contribution in [3.63, 3.8) is 0 Å². The molecule has 1 amide bonds. The summed E-state index contributed by atoms with van der Waals surface area (Å²) in [6.45, 7) is 4.36. The Morgan fingerprint density at radius 1 is 1.35 bits per heavy atom. The maximum atomic E-state index is 12.5. The highest BCUT2D eigenvalue weighted by molar-refractivity contribution is 6.37. The fraction of sp³-hybridized carbons (Fsp3) is 0.500. The maximum Gasteiger partial charge on any atom is 0.254 e. The molecule has 0 aliphatic carbocycles. The number of hydrogen-bond acceptors (Lipinski definition) is 3. The van der Waals surface area contributed by atoms with E-state index in [9.17, 15) is 4.79 Å². The number of halogens is 2. The summed E-state index contributed by atoms with van der Waals surface area (Å²) in [5.74, 6) is 0.191. The lowest BCUT2D eigenvalue weighted by Gasteiger charge is -2.27. The van der Waals surface area contributed by atoms with Crippen molar-refractivity contribution in [1.82, 2.24) is 4.90 Å². The summed E-state index contributed by atoms with van der Waals surface area (Å²) in [5, 5.41) is 9.51. The highest BCUT2D eigenvalue weighted by Gasteiger charge is 2.20. The summed E-state index contributed by atoms with van der Waals surface area (Å²) in [4.78, 5) is 14.2. The molecule has 0 radical (unpaired) electrons. The highest BCUT2D eigenvalue weighted by Crippen LogP contribution is 2.34. The SMILES string of the molecule is COc1c(Cl)cc(C(=O)N(CCCO)C(C)C)cc1Cl. The number of hydrogen-bond donors (Lipinski definition) is 1. The zero-order chi connectivity index (χ0) is 15.3. The molecule has 0 saturated carbocycles. The van der Waals surface area contributed by atoms with E-state index in [1.807, 2.05) is 13.8 Å². The molecule has 0 unspecified atom stereocenters. The molecule has 20 heavy (non-hydrogen) atoms. The van der Waals surface area contributed by atoms with Gasteiger partial charge >= 0.3 is 0 Å². The fourth-order valence-electron chi connectivity index (χ4n) is 1.88. The third-order valence-corrected chi connectivity index (χ3v) is 3.45. The average Bonchev–Trinajstić information content (AvgIpc) is 2.38. The van der Waals surface area contributed by atoms with Crippen molar-refractivity contribution < 1.29 is 14.6 Å². The maximum absolute atomic E-state index is 12.5. The number of aliphatic hydroxyl groups excluding tert-OH is 1. The summed E-state index contributed by atoms with van der Waals surface area (Å²) < 4.78 is 5.06. The average molecular weight is 320 g/mol. The van der Waals surface area contributed by atoms with Crippen molar-refractivity contribution in [2.45, 2.75) is 26.3 Å². The number of benzene rings is 1. The summed E-state index contributed by atoms with van der Waals surface area (Å²) >= 11 is 12.1. The van der Waals surface area contributed by atoms with E-state index in [4.69, 9.17) is 33.0 Å². The normalized spacial score (nSPS) is 10.8. The van der Waals surface area contributed by atoms with Gasteiger partial charge in [-0.25, -0.2) is 0 Å². The zero-order valence-corrected chi connectivity index (χ0v) is 13.3. The molecule has 4 nitrogen and oxygen atoms in total. The number of ether oxygens (including phenoxy) is 1. The van der Waals surface area contributed by atoms with Crippen molar-refractivity contribution in [3.8, 4) is 5.75 Å². The third kappa shape index (κ3) is 4.01. The molecule has 0 heterocycles. The second kappa shape index (κ2) is 7.72. The van der Waals surface area contributed by atoms with Crippen molar-refractivity contribution in [1.29, 1.82) is 0 Å². The Bertz CT molecular complexity index is 454. The molecule has 1 N–H and O–H groups in total. The zero-order valence-electron chi connectivity index (χ0n) is 11.8. The predicted octanol–water partition coefficient (Wildman–Crippen LogP) is 3.24. The number of carbonyl (C=O) groups excluding carboxylic acids is 1. The molecule has 0 atom stereocenters. The van der Waals surface area contributed by atoms with Crippen molar-refractivity contribution >= 4 is 29.1 Å². The first kappa shape index (κ1) is 17.1. The van der Waals surface area contributed by atoms with E-state index in [2.05, 4.69) is 0 Å². The highest BCUT2D eigenvalue weighted by atomic mass is 35.5. The molecule has 1 aromatic carbocycles. The Morgan fingerprint density at radius 2 is 1.90 bits per heavy atom. The second-order valence-corrected chi connectivity index (χ2v) is 5.46. The van der Waals surface area contributed by atoms with Crippen LogP contribution < -0.4 is 4.74 Å². The number of amides is 1. The van der Waals surface area contributed by atoms with E-state index in [-0.39, 0.29) is 18.6 Å². The smallest absolute Gasteiger partial charge is 0.254 e. The first-order chi connectivity index (χ1) is 9.42. The third-order valence-electron chi connectivity index (χ3n) is 2.89. The number of methoxy groups -OCH3 is 1. The molecule has 0 aromatic heterocycles. The molecule has 1 aromatic rings. The van der Waals surface area contributed by atoms with Crippen LogP contribution in [0.25, 0.3) is 0 Å². The van der Waals surface area contributed by atoms with Gasteiger partial charge in [-0.05, 0) is 32.4 Å². The summed E-state index contributed by atoms with van der Waals surface area (Å²) in [6.07, 6.45) is 0.529.